The molecule has 1 aliphatic rings. The van der Waals surface area contributed by atoms with Crippen molar-refractivity contribution >= 4 is 17.4 Å². The normalized spacial score (nSPS) is 16.5. The second kappa shape index (κ2) is 8.47. The molecule has 28 heavy (non-hydrogen) atoms. The summed E-state index contributed by atoms with van der Waals surface area (Å²) in [6, 6.07) is 10.8. The van der Waals surface area contributed by atoms with E-state index >= 15 is 0 Å². The van der Waals surface area contributed by atoms with E-state index in [0.717, 1.165) is 32.0 Å². The Labute approximate surface area is 160 Å². The van der Waals surface area contributed by atoms with Crippen LogP contribution in [0, 0.1) is 0 Å². The third-order valence-corrected chi connectivity index (χ3v) is 4.80. The van der Waals surface area contributed by atoms with E-state index in [1.165, 1.54) is 29.2 Å². The first-order valence-corrected chi connectivity index (χ1v) is 9.05. The number of hydrogen-bond donors (Lipinski definition) is 2. The van der Waals surface area contributed by atoms with E-state index in [9.17, 15) is 18.0 Å². The molecule has 3 rings (SSSR count). The molecule has 0 bridgehead atoms. The van der Waals surface area contributed by atoms with E-state index in [4.69, 9.17) is 0 Å². The van der Waals surface area contributed by atoms with Gasteiger partial charge < -0.3 is 15.0 Å². The van der Waals surface area contributed by atoms with Crippen molar-refractivity contribution in [3.05, 3.63) is 48.7 Å². The maximum absolute atomic E-state index is 12.5. The molecule has 1 fully saturated rings. The first-order chi connectivity index (χ1) is 13.3. The van der Waals surface area contributed by atoms with E-state index in [-0.39, 0.29) is 17.7 Å². The zero-order valence-electron chi connectivity index (χ0n) is 15.4. The number of nitrogens with zero attached hydrogens (tertiary/aromatic N) is 1. The largest absolute Gasteiger partial charge is 0.573 e. The highest BCUT2D eigenvalue weighted by Gasteiger charge is 2.33. The molecule has 3 N–H and O–H groups in total. The SMILES string of the molecule is C[C@H](C(=O)Nc1ccc(OC(F)(F)F)cc1)[NH+]1CCN(c2cccc[nH+]2)CC1. The van der Waals surface area contributed by atoms with Crippen molar-refractivity contribution < 1.29 is 32.6 Å². The fourth-order valence-corrected chi connectivity index (χ4v) is 3.22. The van der Waals surface area contributed by atoms with Crippen molar-refractivity contribution in [1.82, 2.24) is 0 Å². The van der Waals surface area contributed by atoms with Gasteiger partial charge in [-0.05, 0) is 37.3 Å². The summed E-state index contributed by atoms with van der Waals surface area (Å²) in [6.07, 6.45) is -2.85. The number of pyridine rings is 1. The summed E-state index contributed by atoms with van der Waals surface area (Å²) in [7, 11) is 0. The Hall–Kier alpha value is -2.81. The van der Waals surface area contributed by atoms with Gasteiger partial charge in [0, 0.05) is 11.8 Å². The first kappa shape index (κ1) is 19.9. The van der Waals surface area contributed by atoms with Crippen LogP contribution in [0.2, 0.25) is 0 Å². The number of ether oxygens (including phenoxy) is 1. The summed E-state index contributed by atoms with van der Waals surface area (Å²) < 4.78 is 40.4. The average molecular weight is 396 g/mol. The summed E-state index contributed by atoms with van der Waals surface area (Å²) in [4.78, 5) is 19.1. The van der Waals surface area contributed by atoms with Crippen molar-refractivity contribution in [2.24, 2.45) is 0 Å². The number of piperazine rings is 1. The second-order valence-electron chi connectivity index (χ2n) is 6.68. The van der Waals surface area contributed by atoms with E-state index in [2.05, 4.69) is 19.9 Å². The van der Waals surface area contributed by atoms with Gasteiger partial charge in [0.2, 0.25) is 0 Å². The third-order valence-electron chi connectivity index (χ3n) is 4.80. The second-order valence-corrected chi connectivity index (χ2v) is 6.68. The number of aromatic amines is 1. The quantitative estimate of drug-likeness (QED) is 0.797. The standard InChI is InChI=1S/C19H21F3N4O2/c1-14(25-10-12-26(13-11-25)17-4-2-3-9-23-17)18(27)24-15-5-7-16(8-6-15)28-19(20,21)22/h2-9,14H,10-13H2,1H3,(H,24,27)/p+2/t14-/m1/s1. The smallest absolute Gasteiger partial charge is 0.406 e. The van der Waals surface area contributed by atoms with Crippen LogP contribution in [0.5, 0.6) is 5.75 Å². The van der Waals surface area contributed by atoms with Gasteiger partial charge in [0.25, 0.3) is 11.7 Å². The monoisotopic (exact) mass is 396 g/mol. The summed E-state index contributed by atoms with van der Waals surface area (Å²) >= 11 is 0. The molecule has 0 saturated carbocycles. The molecule has 0 aliphatic carbocycles. The van der Waals surface area contributed by atoms with Crippen molar-refractivity contribution in [2.75, 3.05) is 36.4 Å². The molecule has 1 aromatic heterocycles. The Balaban J connectivity index is 1.51. The molecule has 0 unspecified atom stereocenters. The van der Waals surface area contributed by atoms with Crippen LogP contribution >= 0.6 is 0 Å². The molecular formula is C19H23F3N4O2+2. The van der Waals surface area contributed by atoms with Crippen LogP contribution in [0.25, 0.3) is 0 Å². The highest BCUT2D eigenvalue weighted by atomic mass is 19.4. The van der Waals surface area contributed by atoms with Crippen LogP contribution in [-0.4, -0.2) is 44.5 Å². The number of nitrogens with one attached hydrogen (secondary N) is 3. The van der Waals surface area contributed by atoms with Crippen molar-refractivity contribution in [2.45, 2.75) is 19.3 Å². The minimum atomic E-state index is -4.73. The molecule has 0 spiro atoms. The Kier molecular flexibility index (Phi) is 6.03. The number of halogens is 3. The maximum atomic E-state index is 12.5. The lowest BCUT2D eigenvalue weighted by molar-refractivity contribution is -0.914. The molecule has 1 aromatic carbocycles. The van der Waals surface area contributed by atoms with E-state index in [0.29, 0.717) is 5.69 Å². The highest BCUT2D eigenvalue weighted by molar-refractivity contribution is 5.93. The average Bonchev–Trinajstić information content (AvgIpc) is 2.68. The highest BCUT2D eigenvalue weighted by Crippen LogP contribution is 2.23. The van der Waals surface area contributed by atoms with Gasteiger partial charge in [0.1, 0.15) is 31.9 Å². The predicted molar refractivity (Wildman–Crippen MR) is 97.1 cm³/mol. The molecular weight excluding hydrogens is 373 g/mol. The Morgan fingerprint density at radius 2 is 1.86 bits per heavy atom. The van der Waals surface area contributed by atoms with Gasteiger partial charge in [-0.3, -0.25) is 9.69 Å². The Morgan fingerprint density at radius 1 is 1.18 bits per heavy atom. The zero-order chi connectivity index (χ0) is 20.1. The minimum Gasteiger partial charge on any atom is -0.406 e. The fraction of sp³-hybridized carbons (Fsp3) is 0.368. The number of anilines is 2. The molecule has 2 heterocycles. The summed E-state index contributed by atoms with van der Waals surface area (Å²) in [6.45, 7) is 5.15. The Morgan fingerprint density at radius 3 is 2.43 bits per heavy atom. The maximum Gasteiger partial charge on any atom is 0.573 e. The van der Waals surface area contributed by atoms with E-state index in [1.54, 1.807) is 0 Å². The van der Waals surface area contributed by atoms with Crippen LogP contribution in [0.1, 0.15) is 6.92 Å². The van der Waals surface area contributed by atoms with Crippen LogP contribution in [0.15, 0.2) is 48.7 Å². The lowest BCUT2D eigenvalue weighted by Gasteiger charge is -2.31. The van der Waals surface area contributed by atoms with Crippen LogP contribution < -0.4 is 24.8 Å². The molecule has 0 radical (unpaired) electrons. The molecule has 6 nitrogen and oxygen atoms in total. The molecule has 1 atom stereocenters. The number of alkyl halides is 3. The van der Waals surface area contributed by atoms with Gasteiger partial charge in [0.15, 0.2) is 6.04 Å². The Bertz CT molecular complexity index is 776. The number of amides is 1. The predicted octanol–water partition coefficient (Wildman–Crippen LogP) is 1.13. The summed E-state index contributed by atoms with van der Waals surface area (Å²) in [5.74, 6) is 0.567. The number of aromatic nitrogens is 1. The van der Waals surface area contributed by atoms with Gasteiger partial charge in [0.05, 0.1) is 6.20 Å². The number of benzene rings is 1. The number of H-pyrrole nitrogens is 1. The molecule has 1 aliphatic heterocycles. The molecule has 150 valence electrons. The molecule has 9 heteroatoms. The van der Waals surface area contributed by atoms with Crippen LogP contribution in [0.4, 0.5) is 24.7 Å². The number of carbonyl (C=O) groups is 1. The zero-order valence-corrected chi connectivity index (χ0v) is 15.4. The fourth-order valence-electron chi connectivity index (χ4n) is 3.22. The van der Waals surface area contributed by atoms with Gasteiger partial charge >= 0.3 is 6.36 Å². The molecule has 1 amide bonds. The van der Waals surface area contributed by atoms with Gasteiger partial charge in [-0.1, -0.05) is 6.07 Å². The van der Waals surface area contributed by atoms with Crippen LogP contribution in [-0.2, 0) is 4.79 Å². The third kappa shape index (κ3) is 5.35. The number of hydrogen-bond acceptors (Lipinski definition) is 3. The number of rotatable bonds is 5. The van der Waals surface area contributed by atoms with Crippen molar-refractivity contribution in [3.63, 3.8) is 0 Å². The van der Waals surface area contributed by atoms with E-state index in [1.807, 2.05) is 31.3 Å². The summed E-state index contributed by atoms with van der Waals surface area (Å²) in [5.41, 5.74) is 0.434. The van der Waals surface area contributed by atoms with Crippen molar-refractivity contribution in [3.8, 4) is 5.75 Å². The van der Waals surface area contributed by atoms with Gasteiger partial charge in [-0.15, -0.1) is 13.2 Å². The molecule has 1 saturated heterocycles. The van der Waals surface area contributed by atoms with E-state index < -0.39 is 6.36 Å². The lowest BCUT2D eigenvalue weighted by Crippen LogP contribution is -3.19. The molecule has 2 aromatic rings. The van der Waals surface area contributed by atoms with Crippen LogP contribution in [0.3, 0.4) is 0 Å². The topological polar surface area (TPSA) is 60.1 Å². The first-order valence-electron chi connectivity index (χ1n) is 9.05. The minimum absolute atomic E-state index is 0.167. The van der Waals surface area contributed by atoms with Gasteiger partial charge in [-0.25, -0.2) is 4.98 Å². The lowest BCUT2D eigenvalue weighted by atomic mass is 10.2. The van der Waals surface area contributed by atoms with Gasteiger partial charge in [-0.2, -0.15) is 0 Å². The number of quaternary nitrogens is 1. The van der Waals surface area contributed by atoms with Crippen molar-refractivity contribution in [1.29, 1.82) is 0 Å². The summed E-state index contributed by atoms with van der Waals surface area (Å²) in [5, 5.41) is 2.76. The number of carbonyl (C=O) groups excluding carboxylic acids is 1.